The SMILES string of the molecule is [CH2]CC(c1ccccc1)c1cc(CC)nn1-c1ccccc1. The van der Waals surface area contributed by atoms with E-state index in [1.807, 2.05) is 18.2 Å². The van der Waals surface area contributed by atoms with E-state index >= 15 is 0 Å². The number of hydrogen-bond donors (Lipinski definition) is 0. The highest BCUT2D eigenvalue weighted by Crippen LogP contribution is 2.30. The Morgan fingerprint density at radius 2 is 1.64 bits per heavy atom. The normalized spacial score (nSPS) is 12.3. The van der Waals surface area contributed by atoms with Crippen molar-refractivity contribution in [3.8, 4) is 5.69 Å². The van der Waals surface area contributed by atoms with Crippen molar-refractivity contribution in [1.29, 1.82) is 0 Å². The molecule has 0 bridgehead atoms. The third-order valence-electron chi connectivity index (χ3n) is 4.00. The molecule has 2 aromatic carbocycles. The van der Waals surface area contributed by atoms with E-state index in [1.54, 1.807) is 0 Å². The van der Waals surface area contributed by atoms with E-state index in [1.165, 1.54) is 11.3 Å². The molecule has 1 aromatic heterocycles. The topological polar surface area (TPSA) is 17.8 Å². The Balaban J connectivity index is 2.11. The predicted octanol–water partition coefficient (Wildman–Crippen LogP) is 4.79. The molecule has 111 valence electrons. The number of para-hydroxylation sites is 1. The zero-order valence-electron chi connectivity index (χ0n) is 12.9. The number of hydrogen-bond acceptors (Lipinski definition) is 1. The number of benzene rings is 2. The lowest BCUT2D eigenvalue weighted by Gasteiger charge is -2.17. The summed E-state index contributed by atoms with van der Waals surface area (Å²) in [6.07, 6.45) is 1.75. The Labute approximate surface area is 132 Å². The van der Waals surface area contributed by atoms with Gasteiger partial charge in [0.15, 0.2) is 0 Å². The van der Waals surface area contributed by atoms with Crippen LogP contribution in [0.25, 0.3) is 5.69 Å². The van der Waals surface area contributed by atoms with Crippen LogP contribution in [-0.2, 0) is 6.42 Å². The summed E-state index contributed by atoms with van der Waals surface area (Å²) < 4.78 is 2.07. The van der Waals surface area contributed by atoms with Crippen molar-refractivity contribution in [2.45, 2.75) is 25.7 Å². The first-order chi connectivity index (χ1) is 10.8. The average molecular weight is 289 g/mol. The van der Waals surface area contributed by atoms with Gasteiger partial charge in [-0.2, -0.15) is 5.10 Å². The van der Waals surface area contributed by atoms with Gasteiger partial charge in [0.25, 0.3) is 0 Å². The van der Waals surface area contributed by atoms with Crippen molar-refractivity contribution >= 4 is 0 Å². The van der Waals surface area contributed by atoms with Gasteiger partial charge in [0, 0.05) is 5.92 Å². The monoisotopic (exact) mass is 289 g/mol. The summed E-state index contributed by atoms with van der Waals surface area (Å²) in [6, 6.07) is 23.1. The number of nitrogens with zero attached hydrogens (tertiary/aromatic N) is 2. The minimum atomic E-state index is 0.259. The number of rotatable bonds is 5. The zero-order chi connectivity index (χ0) is 15.4. The first kappa shape index (κ1) is 14.6. The van der Waals surface area contributed by atoms with Gasteiger partial charge >= 0.3 is 0 Å². The van der Waals surface area contributed by atoms with Gasteiger partial charge < -0.3 is 0 Å². The quantitative estimate of drug-likeness (QED) is 0.660. The summed E-state index contributed by atoms with van der Waals surface area (Å²) in [5.74, 6) is 0.259. The molecule has 1 unspecified atom stereocenters. The minimum absolute atomic E-state index is 0.259. The van der Waals surface area contributed by atoms with E-state index in [2.05, 4.69) is 67.1 Å². The van der Waals surface area contributed by atoms with Crippen molar-refractivity contribution in [2.75, 3.05) is 0 Å². The van der Waals surface area contributed by atoms with Crippen molar-refractivity contribution in [3.05, 3.63) is 90.6 Å². The molecule has 1 heterocycles. The van der Waals surface area contributed by atoms with Crippen molar-refractivity contribution < 1.29 is 0 Å². The van der Waals surface area contributed by atoms with Crippen LogP contribution in [0.3, 0.4) is 0 Å². The Bertz CT molecular complexity index is 714. The standard InChI is InChI=1S/C20H21N2/c1-3-17-15-20(19(4-2)16-11-7-5-8-12-16)22(21-17)18-13-9-6-10-14-18/h5-15,19H,2-4H2,1H3. The van der Waals surface area contributed by atoms with Crippen molar-refractivity contribution in [3.63, 3.8) is 0 Å². The molecule has 3 rings (SSSR count). The van der Waals surface area contributed by atoms with Crippen LogP contribution < -0.4 is 0 Å². The molecule has 22 heavy (non-hydrogen) atoms. The highest BCUT2D eigenvalue weighted by Gasteiger charge is 2.19. The van der Waals surface area contributed by atoms with E-state index in [9.17, 15) is 0 Å². The van der Waals surface area contributed by atoms with Gasteiger partial charge in [0.05, 0.1) is 17.1 Å². The second-order valence-corrected chi connectivity index (χ2v) is 5.41. The van der Waals surface area contributed by atoms with Crippen LogP contribution in [0.15, 0.2) is 66.7 Å². The molecule has 0 aliphatic rings. The Kier molecular flexibility index (Phi) is 4.38. The molecule has 0 amide bonds. The lowest BCUT2D eigenvalue weighted by atomic mass is 9.92. The summed E-state index contributed by atoms with van der Waals surface area (Å²) in [6.45, 7) is 6.31. The van der Waals surface area contributed by atoms with E-state index in [4.69, 9.17) is 5.10 Å². The van der Waals surface area contributed by atoms with Gasteiger partial charge in [0.1, 0.15) is 0 Å². The largest absolute Gasteiger partial charge is 0.237 e. The fourth-order valence-electron chi connectivity index (χ4n) is 2.81. The van der Waals surface area contributed by atoms with Crippen molar-refractivity contribution in [2.24, 2.45) is 0 Å². The van der Waals surface area contributed by atoms with Crippen LogP contribution in [0.2, 0.25) is 0 Å². The maximum Gasteiger partial charge on any atom is 0.0649 e. The molecule has 0 fully saturated rings. The summed E-state index contributed by atoms with van der Waals surface area (Å²) in [7, 11) is 0. The molecule has 0 saturated carbocycles. The molecule has 0 aliphatic carbocycles. The van der Waals surface area contributed by atoms with Gasteiger partial charge in [-0.25, -0.2) is 4.68 Å². The van der Waals surface area contributed by atoms with Gasteiger partial charge in [-0.1, -0.05) is 62.4 Å². The number of aryl methyl sites for hydroxylation is 1. The first-order valence-electron chi connectivity index (χ1n) is 7.82. The Morgan fingerprint density at radius 3 is 2.23 bits per heavy atom. The van der Waals surface area contributed by atoms with Crippen LogP contribution in [0, 0.1) is 6.92 Å². The highest BCUT2D eigenvalue weighted by atomic mass is 15.3. The van der Waals surface area contributed by atoms with Gasteiger partial charge in [-0.05, 0) is 36.6 Å². The molecular weight excluding hydrogens is 268 g/mol. The molecule has 0 saturated heterocycles. The minimum Gasteiger partial charge on any atom is -0.237 e. The second-order valence-electron chi connectivity index (χ2n) is 5.41. The molecule has 1 atom stereocenters. The third kappa shape index (κ3) is 2.82. The van der Waals surface area contributed by atoms with Crippen LogP contribution in [0.1, 0.15) is 36.2 Å². The van der Waals surface area contributed by atoms with E-state index < -0.39 is 0 Å². The molecule has 3 aromatic rings. The molecular formula is C20H21N2. The lowest BCUT2D eigenvalue weighted by molar-refractivity contribution is 0.716. The summed E-state index contributed by atoms with van der Waals surface area (Å²) in [5.41, 5.74) is 4.72. The van der Waals surface area contributed by atoms with Crippen LogP contribution in [0.5, 0.6) is 0 Å². The fourth-order valence-corrected chi connectivity index (χ4v) is 2.81. The van der Waals surface area contributed by atoms with E-state index in [0.717, 1.165) is 24.2 Å². The maximum atomic E-state index is 4.78. The molecule has 0 N–H and O–H groups in total. The maximum absolute atomic E-state index is 4.78. The molecule has 0 aliphatic heterocycles. The van der Waals surface area contributed by atoms with Crippen molar-refractivity contribution in [1.82, 2.24) is 9.78 Å². The van der Waals surface area contributed by atoms with Gasteiger partial charge in [0.2, 0.25) is 0 Å². The summed E-state index contributed by atoms with van der Waals surface area (Å²) >= 11 is 0. The number of aromatic nitrogens is 2. The first-order valence-corrected chi connectivity index (χ1v) is 7.82. The van der Waals surface area contributed by atoms with Crippen LogP contribution in [0.4, 0.5) is 0 Å². The molecule has 2 nitrogen and oxygen atoms in total. The highest BCUT2D eigenvalue weighted by molar-refractivity contribution is 5.38. The van der Waals surface area contributed by atoms with Crippen LogP contribution >= 0.6 is 0 Å². The predicted molar refractivity (Wildman–Crippen MR) is 91.2 cm³/mol. The fraction of sp³-hybridized carbons (Fsp3) is 0.200. The zero-order valence-corrected chi connectivity index (χ0v) is 12.9. The molecule has 1 radical (unpaired) electrons. The third-order valence-corrected chi connectivity index (χ3v) is 4.00. The smallest absolute Gasteiger partial charge is 0.0649 e. The van der Waals surface area contributed by atoms with Gasteiger partial charge in [-0.15, -0.1) is 0 Å². The molecule has 0 spiro atoms. The summed E-state index contributed by atoms with van der Waals surface area (Å²) in [5, 5.41) is 4.78. The van der Waals surface area contributed by atoms with E-state index in [-0.39, 0.29) is 5.92 Å². The van der Waals surface area contributed by atoms with Gasteiger partial charge in [-0.3, -0.25) is 0 Å². The summed E-state index contributed by atoms with van der Waals surface area (Å²) in [4.78, 5) is 0. The Hall–Kier alpha value is -2.35. The lowest BCUT2D eigenvalue weighted by Crippen LogP contribution is -2.08. The average Bonchev–Trinajstić information content (AvgIpc) is 3.01. The van der Waals surface area contributed by atoms with Crippen LogP contribution in [-0.4, -0.2) is 9.78 Å². The second kappa shape index (κ2) is 6.61. The molecule has 2 heteroatoms. The Morgan fingerprint density at radius 1 is 1.00 bits per heavy atom. The van der Waals surface area contributed by atoms with E-state index in [0.29, 0.717) is 0 Å².